The Bertz CT molecular complexity index is 1180. The van der Waals surface area contributed by atoms with E-state index in [1.54, 1.807) is 0 Å². The van der Waals surface area contributed by atoms with Crippen LogP contribution >= 0.6 is 7.82 Å². The van der Waals surface area contributed by atoms with Gasteiger partial charge in [-0.15, -0.1) is 0 Å². The van der Waals surface area contributed by atoms with Crippen LogP contribution in [0.5, 0.6) is 0 Å². The first-order chi connectivity index (χ1) is 27.0. The minimum atomic E-state index is -4.65. The molecule has 0 radical (unpaired) electrons. The fourth-order valence-electron chi connectivity index (χ4n) is 5.33. The number of hydrogen-bond donors (Lipinski definition) is 0. The summed E-state index contributed by atoms with van der Waals surface area (Å²) in [7, 11) is 1.11. The molecular weight excluding hydrogens is 725 g/mol. The Morgan fingerprint density at radius 2 is 1.04 bits per heavy atom. The smallest absolute Gasteiger partial charge is 0.306 e. The fraction of sp³-hybridized carbons (Fsp3) is 0.696. The number of esters is 2. The van der Waals surface area contributed by atoms with Crippen molar-refractivity contribution < 1.29 is 42.1 Å². The number of allylic oxidation sites excluding steroid dienone is 12. The van der Waals surface area contributed by atoms with Crippen LogP contribution < -0.4 is 4.89 Å². The number of carbonyl (C=O) groups is 2. The second kappa shape index (κ2) is 38.0. The summed E-state index contributed by atoms with van der Waals surface area (Å²) in [5.74, 6) is -0.935. The molecule has 0 aliphatic carbocycles. The monoisotopic (exact) mass is 806 g/mol. The zero-order valence-corrected chi connectivity index (χ0v) is 36.9. The van der Waals surface area contributed by atoms with Crippen LogP contribution in [0, 0.1) is 0 Å². The number of phosphoric acid groups is 1. The lowest BCUT2D eigenvalue weighted by Gasteiger charge is -2.28. The van der Waals surface area contributed by atoms with Gasteiger partial charge in [0.1, 0.15) is 19.8 Å². The summed E-state index contributed by atoms with van der Waals surface area (Å²) in [5.41, 5.74) is 0. The maximum Gasteiger partial charge on any atom is 0.306 e. The van der Waals surface area contributed by atoms with Gasteiger partial charge >= 0.3 is 11.9 Å². The van der Waals surface area contributed by atoms with Crippen molar-refractivity contribution >= 4 is 19.8 Å². The Kier molecular flexibility index (Phi) is 36.3. The summed E-state index contributed by atoms with van der Waals surface area (Å²) < 4.78 is 33.8. The van der Waals surface area contributed by atoms with E-state index < -0.39 is 32.5 Å². The third kappa shape index (κ3) is 41.1. The third-order valence-corrected chi connectivity index (χ3v) is 9.67. The van der Waals surface area contributed by atoms with Gasteiger partial charge in [0.25, 0.3) is 7.82 Å². The van der Waals surface area contributed by atoms with Crippen molar-refractivity contribution in [1.29, 1.82) is 0 Å². The third-order valence-electron chi connectivity index (χ3n) is 8.71. The first-order valence-corrected chi connectivity index (χ1v) is 23.1. The highest BCUT2D eigenvalue weighted by atomic mass is 31.2. The Morgan fingerprint density at radius 1 is 0.571 bits per heavy atom. The van der Waals surface area contributed by atoms with Gasteiger partial charge in [-0.25, -0.2) is 0 Å². The van der Waals surface area contributed by atoms with E-state index >= 15 is 0 Å². The van der Waals surface area contributed by atoms with E-state index in [-0.39, 0.29) is 26.1 Å². The molecule has 10 heteroatoms. The number of ether oxygens (including phenoxy) is 2. The van der Waals surface area contributed by atoms with Crippen molar-refractivity contribution in [3.8, 4) is 0 Å². The molecule has 56 heavy (non-hydrogen) atoms. The maximum atomic E-state index is 12.6. The van der Waals surface area contributed by atoms with Crippen molar-refractivity contribution in [2.45, 2.75) is 161 Å². The molecule has 0 aromatic rings. The van der Waals surface area contributed by atoms with E-state index in [4.69, 9.17) is 18.5 Å². The van der Waals surface area contributed by atoms with Crippen LogP contribution in [0.15, 0.2) is 72.9 Å². The zero-order valence-electron chi connectivity index (χ0n) is 36.1. The lowest BCUT2D eigenvalue weighted by atomic mass is 10.1. The summed E-state index contributed by atoms with van der Waals surface area (Å²) in [6.45, 7) is 4.00. The van der Waals surface area contributed by atoms with Crippen molar-refractivity contribution in [3.63, 3.8) is 0 Å². The van der Waals surface area contributed by atoms with Crippen LogP contribution in [-0.2, 0) is 32.7 Å². The van der Waals surface area contributed by atoms with Crippen LogP contribution in [0.25, 0.3) is 0 Å². The fourth-order valence-corrected chi connectivity index (χ4v) is 6.06. The first kappa shape index (κ1) is 53.5. The molecular formula is C46H80NO8P. The lowest BCUT2D eigenvalue weighted by Crippen LogP contribution is -2.37. The number of rotatable bonds is 38. The molecule has 0 rings (SSSR count). The van der Waals surface area contributed by atoms with Crippen LogP contribution in [-0.4, -0.2) is 70.0 Å². The molecule has 0 aromatic carbocycles. The average molecular weight is 806 g/mol. The Labute approximate surface area is 342 Å². The molecule has 0 bridgehead atoms. The highest BCUT2D eigenvalue weighted by Gasteiger charge is 2.21. The Balaban J connectivity index is 4.52. The van der Waals surface area contributed by atoms with E-state index in [1.165, 1.54) is 57.8 Å². The van der Waals surface area contributed by atoms with Gasteiger partial charge in [0.15, 0.2) is 6.10 Å². The number of unbranched alkanes of at least 4 members (excludes halogenated alkanes) is 12. The quantitative estimate of drug-likeness (QED) is 0.0199. The van der Waals surface area contributed by atoms with Gasteiger partial charge in [-0.2, -0.15) is 0 Å². The standard InChI is InChI=1S/C46H80NO8P/c1-6-8-10-12-14-16-18-20-22-23-25-27-29-31-33-35-37-39-46(49)55-44(43-54-56(50,51)53-41-40-47(3,4)5)42-52-45(48)38-36-34-32-30-28-26-24-21-19-17-15-13-11-9-7-2/h8,10,14,16,20,22,25,27-28,30-31,33,44H,6-7,9,11-13,15,17-19,21,23-24,26,29,32,34-43H2,1-5H3/b10-8+,16-14+,22-20+,27-25+,30-28+,33-31+/t44-/m1/s1. The lowest BCUT2D eigenvalue weighted by molar-refractivity contribution is -0.870. The summed E-state index contributed by atoms with van der Waals surface area (Å²) >= 11 is 0. The molecule has 0 saturated heterocycles. The van der Waals surface area contributed by atoms with Gasteiger partial charge in [-0.05, 0) is 77.0 Å². The van der Waals surface area contributed by atoms with Crippen LogP contribution in [0.2, 0.25) is 0 Å². The van der Waals surface area contributed by atoms with Gasteiger partial charge in [-0.1, -0.05) is 138 Å². The molecule has 0 saturated carbocycles. The molecule has 0 aliphatic rings. The summed E-state index contributed by atoms with van der Waals surface area (Å²) in [6, 6.07) is 0. The molecule has 0 aliphatic heterocycles. The van der Waals surface area contributed by atoms with E-state index in [0.717, 1.165) is 51.4 Å². The van der Waals surface area contributed by atoms with Crippen LogP contribution in [0.4, 0.5) is 0 Å². The number of hydrogen-bond acceptors (Lipinski definition) is 8. The van der Waals surface area contributed by atoms with Crippen molar-refractivity contribution in [2.75, 3.05) is 47.5 Å². The van der Waals surface area contributed by atoms with Crippen molar-refractivity contribution in [1.82, 2.24) is 0 Å². The molecule has 1 unspecified atom stereocenters. The van der Waals surface area contributed by atoms with Crippen molar-refractivity contribution in [2.24, 2.45) is 0 Å². The molecule has 0 aromatic heterocycles. The highest BCUT2D eigenvalue weighted by Crippen LogP contribution is 2.38. The summed E-state index contributed by atoms with van der Waals surface area (Å²) in [4.78, 5) is 37.5. The molecule has 0 spiro atoms. The number of quaternary nitrogens is 1. The normalized spacial score (nSPS) is 14.3. The van der Waals surface area contributed by atoms with Gasteiger partial charge in [0.2, 0.25) is 0 Å². The second-order valence-corrected chi connectivity index (χ2v) is 16.7. The van der Waals surface area contributed by atoms with E-state index in [9.17, 15) is 19.0 Å². The molecule has 0 heterocycles. The topological polar surface area (TPSA) is 111 Å². The first-order valence-electron chi connectivity index (χ1n) is 21.6. The minimum Gasteiger partial charge on any atom is -0.756 e. The van der Waals surface area contributed by atoms with E-state index in [0.29, 0.717) is 30.3 Å². The maximum absolute atomic E-state index is 12.6. The van der Waals surface area contributed by atoms with Crippen LogP contribution in [0.1, 0.15) is 155 Å². The predicted octanol–water partition coefficient (Wildman–Crippen LogP) is 11.6. The summed E-state index contributed by atoms with van der Waals surface area (Å²) in [5, 5.41) is 0. The molecule has 2 atom stereocenters. The largest absolute Gasteiger partial charge is 0.756 e. The Morgan fingerprint density at radius 3 is 1.59 bits per heavy atom. The van der Waals surface area contributed by atoms with E-state index in [1.807, 2.05) is 27.2 Å². The number of likely N-dealkylation sites (N-methyl/N-ethyl adjacent to an activating group) is 1. The number of nitrogens with zero attached hydrogens (tertiary/aromatic N) is 1. The molecule has 322 valence electrons. The predicted molar refractivity (Wildman–Crippen MR) is 231 cm³/mol. The minimum absolute atomic E-state index is 0.0477. The second-order valence-electron chi connectivity index (χ2n) is 15.3. The van der Waals surface area contributed by atoms with Gasteiger partial charge < -0.3 is 27.9 Å². The summed E-state index contributed by atoms with van der Waals surface area (Å²) in [6.07, 6.45) is 46.6. The van der Waals surface area contributed by atoms with Gasteiger partial charge in [0.05, 0.1) is 27.7 Å². The molecule has 9 nitrogen and oxygen atoms in total. The van der Waals surface area contributed by atoms with Crippen molar-refractivity contribution in [3.05, 3.63) is 72.9 Å². The average Bonchev–Trinajstić information content (AvgIpc) is 3.15. The van der Waals surface area contributed by atoms with Crippen LogP contribution in [0.3, 0.4) is 0 Å². The zero-order chi connectivity index (χ0) is 41.4. The highest BCUT2D eigenvalue weighted by molar-refractivity contribution is 7.45. The Hall–Kier alpha value is -2.55. The molecule has 0 N–H and O–H groups in total. The van der Waals surface area contributed by atoms with E-state index in [2.05, 4.69) is 80.7 Å². The number of phosphoric ester groups is 1. The SMILES string of the molecule is CC/C=C/C/C=C/C/C=C/C/C=C/C/C=C/CCCC(=O)O[C@H](COC(=O)CCCC/C=C/CCCCCCCCCCC)COP(=O)([O-])OCC[N+](C)(C)C. The number of carbonyl (C=O) groups excluding carboxylic acids is 2. The molecule has 0 amide bonds. The van der Waals surface area contributed by atoms with Gasteiger partial charge in [0, 0.05) is 12.8 Å². The molecule has 0 fully saturated rings. The van der Waals surface area contributed by atoms with Gasteiger partial charge in [-0.3, -0.25) is 14.2 Å².